The second kappa shape index (κ2) is 5.90. The summed E-state index contributed by atoms with van der Waals surface area (Å²) in [7, 11) is -3.28. The van der Waals surface area contributed by atoms with Gasteiger partial charge in [0.15, 0.2) is 15.6 Å². The molecule has 0 saturated heterocycles. The van der Waals surface area contributed by atoms with E-state index >= 15 is 0 Å². The average molecular weight is 332 g/mol. The molecular formula is C19H24O3S. The molecule has 1 aromatic carbocycles. The van der Waals surface area contributed by atoms with E-state index in [-0.39, 0.29) is 34.7 Å². The van der Waals surface area contributed by atoms with Crippen molar-refractivity contribution in [3.05, 3.63) is 42.5 Å². The number of ketones is 1. The van der Waals surface area contributed by atoms with E-state index in [4.69, 9.17) is 0 Å². The van der Waals surface area contributed by atoms with E-state index in [2.05, 4.69) is 6.92 Å². The first kappa shape index (κ1) is 16.4. The van der Waals surface area contributed by atoms with Crippen molar-refractivity contribution in [1.29, 1.82) is 0 Å². The molecule has 4 atom stereocenters. The molecule has 1 aromatic rings. The summed E-state index contributed by atoms with van der Waals surface area (Å²) in [5.74, 6) is 0.773. The number of carbonyl (C=O) groups is 1. The molecule has 4 heteroatoms. The van der Waals surface area contributed by atoms with Crippen LogP contribution in [0, 0.1) is 23.2 Å². The third-order valence-electron chi connectivity index (χ3n) is 5.86. The monoisotopic (exact) mass is 332 g/mol. The molecule has 2 aliphatic rings. The van der Waals surface area contributed by atoms with Crippen LogP contribution in [0.3, 0.4) is 0 Å². The Balaban J connectivity index is 1.80. The van der Waals surface area contributed by atoms with Crippen molar-refractivity contribution in [2.45, 2.75) is 38.0 Å². The van der Waals surface area contributed by atoms with E-state index in [0.29, 0.717) is 4.90 Å². The number of allylic oxidation sites excluding steroid dienone is 2. The number of sulfone groups is 1. The zero-order chi connectivity index (χ0) is 16.7. The number of fused-ring (bicyclic) bond motifs is 1. The van der Waals surface area contributed by atoms with Gasteiger partial charge in [0.1, 0.15) is 0 Å². The molecule has 0 aliphatic heterocycles. The van der Waals surface area contributed by atoms with Gasteiger partial charge in [-0.15, -0.1) is 0 Å². The van der Waals surface area contributed by atoms with Gasteiger partial charge in [-0.2, -0.15) is 0 Å². The Labute approximate surface area is 138 Å². The summed E-state index contributed by atoms with van der Waals surface area (Å²) in [6, 6.07) is 8.66. The molecule has 0 heterocycles. The van der Waals surface area contributed by atoms with Gasteiger partial charge in [-0.25, -0.2) is 8.42 Å². The minimum Gasteiger partial charge on any atom is -0.295 e. The smallest absolute Gasteiger partial charge is 0.178 e. The van der Waals surface area contributed by atoms with Gasteiger partial charge in [0, 0.05) is 5.92 Å². The molecule has 3 rings (SSSR count). The fraction of sp³-hybridized carbons (Fsp3) is 0.526. The summed E-state index contributed by atoms with van der Waals surface area (Å²) in [5.41, 5.74) is -0.0859. The van der Waals surface area contributed by atoms with E-state index < -0.39 is 9.84 Å². The molecule has 0 radical (unpaired) electrons. The highest BCUT2D eigenvalue weighted by atomic mass is 32.2. The lowest BCUT2D eigenvalue weighted by Crippen LogP contribution is -2.38. The molecule has 1 saturated carbocycles. The zero-order valence-corrected chi connectivity index (χ0v) is 14.6. The summed E-state index contributed by atoms with van der Waals surface area (Å²) in [4.78, 5) is 12.5. The highest BCUT2D eigenvalue weighted by Gasteiger charge is 2.51. The number of benzene rings is 1. The first-order valence-corrected chi connectivity index (χ1v) is 9.98. The Morgan fingerprint density at radius 2 is 1.91 bits per heavy atom. The quantitative estimate of drug-likeness (QED) is 0.845. The maximum Gasteiger partial charge on any atom is 0.178 e. The number of hydrogen-bond donors (Lipinski definition) is 0. The van der Waals surface area contributed by atoms with Gasteiger partial charge in [-0.3, -0.25) is 4.79 Å². The molecule has 3 nitrogen and oxygen atoms in total. The van der Waals surface area contributed by atoms with Crippen LogP contribution < -0.4 is 0 Å². The lowest BCUT2D eigenvalue weighted by molar-refractivity contribution is -0.122. The van der Waals surface area contributed by atoms with Gasteiger partial charge < -0.3 is 0 Å². The third kappa shape index (κ3) is 2.89. The topological polar surface area (TPSA) is 51.2 Å². The fourth-order valence-corrected chi connectivity index (χ4v) is 6.38. The van der Waals surface area contributed by atoms with E-state index in [0.717, 1.165) is 19.3 Å². The van der Waals surface area contributed by atoms with Crippen LogP contribution in [0.4, 0.5) is 0 Å². The van der Waals surface area contributed by atoms with Gasteiger partial charge in [-0.1, -0.05) is 38.1 Å². The summed E-state index contributed by atoms with van der Waals surface area (Å²) in [5, 5.41) is 0. The van der Waals surface area contributed by atoms with E-state index in [9.17, 15) is 13.2 Å². The maximum absolute atomic E-state index is 12.6. The van der Waals surface area contributed by atoms with Crippen molar-refractivity contribution in [3.8, 4) is 0 Å². The van der Waals surface area contributed by atoms with Crippen LogP contribution in [0.5, 0.6) is 0 Å². The van der Waals surface area contributed by atoms with Crippen molar-refractivity contribution in [1.82, 2.24) is 0 Å². The Morgan fingerprint density at radius 3 is 2.61 bits per heavy atom. The highest BCUT2D eigenvalue weighted by Crippen LogP contribution is 2.55. The van der Waals surface area contributed by atoms with Crippen molar-refractivity contribution >= 4 is 15.6 Å². The molecule has 0 N–H and O–H groups in total. The molecule has 0 amide bonds. The van der Waals surface area contributed by atoms with Crippen LogP contribution in [0.1, 0.15) is 33.1 Å². The second-order valence-electron chi connectivity index (χ2n) is 7.32. The van der Waals surface area contributed by atoms with Crippen molar-refractivity contribution < 1.29 is 13.2 Å². The lowest BCUT2D eigenvalue weighted by atomic mass is 9.64. The molecule has 2 aliphatic carbocycles. The largest absolute Gasteiger partial charge is 0.295 e. The molecule has 0 aromatic heterocycles. The minimum atomic E-state index is -3.28. The van der Waals surface area contributed by atoms with Gasteiger partial charge in [-0.05, 0) is 54.7 Å². The van der Waals surface area contributed by atoms with E-state index in [1.807, 2.05) is 19.1 Å². The molecule has 23 heavy (non-hydrogen) atoms. The predicted molar refractivity (Wildman–Crippen MR) is 90.7 cm³/mol. The minimum absolute atomic E-state index is 0.0505. The first-order valence-electron chi connectivity index (χ1n) is 8.33. The Hall–Kier alpha value is -1.42. The van der Waals surface area contributed by atoms with Gasteiger partial charge in [0.25, 0.3) is 0 Å². The summed E-state index contributed by atoms with van der Waals surface area (Å²) >= 11 is 0. The van der Waals surface area contributed by atoms with Crippen LogP contribution in [0.15, 0.2) is 47.4 Å². The summed E-state index contributed by atoms with van der Waals surface area (Å²) in [6.07, 6.45) is 6.39. The van der Waals surface area contributed by atoms with Crippen molar-refractivity contribution in [2.24, 2.45) is 23.2 Å². The fourth-order valence-electron chi connectivity index (χ4n) is 4.69. The predicted octanol–water partition coefficient (Wildman–Crippen LogP) is 3.66. The van der Waals surface area contributed by atoms with Gasteiger partial charge in [0.05, 0.1) is 10.6 Å². The lowest BCUT2D eigenvalue weighted by Gasteiger charge is -2.40. The number of rotatable bonds is 4. The Bertz CT molecular complexity index is 720. The molecular weight excluding hydrogens is 308 g/mol. The van der Waals surface area contributed by atoms with E-state index in [1.54, 1.807) is 30.3 Å². The second-order valence-corrected chi connectivity index (χ2v) is 9.36. The Morgan fingerprint density at radius 1 is 1.22 bits per heavy atom. The first-order chi connectivity index (χ1) is 10.8. The van der Waals surface area contributed by atoms with E-state index in [1.165, 1.54) is 0 Å². The maximum atomic E-state index is 12.6. The highest BCUT2D eigenvalue weighted by molar-refractivity contribution is 7.91. The SMILES string of the molecule is C[C@H](CS(=O)(=O)c1ccccc1)[C@@H]1CC[C@@H]2C(=O)C=CC[C@@]21C. The van der Waals surface area contributed by atoms with Crippen LogP contribution in [-0.2, 0) is 14.6 Å². The normalized spacial score (nSPS) is 31.8. The van der Waals surface area contributed by atoms with Crippen LogP contribution >= 0.6 is 0 Å². The zero-order valence-electron chi connectivity index (χ0n) is 13.7. The van der Waals surface area contributed by atoms with Crippen LogP contribution in [0.2, 0.25) is 0 Å². The third-order valence-corrected chi connectivity index (χ3v) is 7.82. The Kier molecular flexibility index (Phi) is 4.21. The molecule has 124 valence electrons. The molecule has 1 fully saturated rings. The summed E-state index contributed by atoms with van der Waals surface area (Å²) < 4.78 is 25.3. The average Bonchev–Trinajstić information content (AvgIpc) is 2.86. The van der Waals surface area contributed by atoms with Gasteiger partial charge in [0.2, 0.25) is 0 Å². The molecule has 0 unspecified atom stereocenters. The van der Waals surface area contributed by atoms with Gasteiger partial charge >= 0.3 is 0 Å². The van der Waals surface area contributed by atoms with Crippen molar-refractivity contribution in [2.75, 3.05) is 5.75 Å². The molecule has 0 bridgehead atoms. The van der Waals surface area contributed by atoms with Crippen LogP contribution in [0.25, 0.3) is 0 Å². The standard InChI is InChI=1S/C19H24O3S/c1-14(13-23(21,22)15-7-4-3-5-8-15)16-10-11-17-18(20)9-6-12-19(16,17)2/h3-9,14,16-17H,10-13H2,1-2H3/t14-,16+,17-,19-/m1/s1. The summed E-state index contributed by atoms with van der Waals surface area (Å²) in [6.45, 7) is 4.20. The number of hydrogen-bond acceptors (Lipinski definition) is 3. The van der Waals surface area contributed by atoms with Crippen LogP contribution in [-0.4, -0.2) is 20.0 Å². The number of carbonyl (C=O) groups excluding carboxylic acids is 1. The van der Waals surface area contributed by atoms with Crippen molar-refractivity contribution in [3.63, 3.8) is 0 Å². The molecule has 0 spiro atoms.